The van der Waals surface area contributed by atoms with Crippen LogP contribution in [0.4, 0.5) is 0 Å². The Kier molecular flexibility index (Phi) is 7.80. The molecule has 0 unspecified atom stereocenters. The van der Waals surface area contributed by atoms with Gasteiger partial charge in [0.05, 0.1) is 11.1 Å². The Balaban J connectivity index is 0.00000264. The number of nitriles is 1. The van der Waals surface area contributed by atoms with E-state index >= 15 is 0 Å². The van der Waals surface area contributed by atoms with Crippen LogP contribution in [0.1, 0.15) is 29.8 Å². The third kappa shape index (κ3) is 5.08. The van der Waals surface area contributed by atoms with Gasteiger partial charge in [0.2, 0.25) is 0 Å². The van der Waals surface area contributed by atoms with Crippen molar-refractivity contribution < 1.29 is 9.90 Å². The van der Waals surface area contributed by atoms with Crippen molar-refractivity contribution in [1.82, 2.24) is 4.98 Å². The van der Waals surface area contributed by atoms with Gasteiger partial charge in [-0.3, -0.25) is 4.98 Å². The molecule has 0 spiro atoms. The van der Waals surface area contributed by atoms with E-state index in [0.717, 1.165) is 10.6 Å². The molecule has 0 saturated carbocycles. The van der Waals surface area contributed by atoms with Crippen LogP contribution in [0, 0.1) is 17.2 Å². The van der Waals surface area contributed by atoms with E-state index in [9.17, 15) is 15.2 Å². The molecule has 0 bridgehead atoms. The maximum atomic E-state index is 11.3. The zero-order valence-electron chi connectivity index (χ0n) is 12.4. The minimum absolute atomic E-state index is 0. The van der Waals surface area contributed by atoms with Crippen LogP contribution in [-0.4, -0.2) is 51.4 Å². The first kappa shape index (κ1) is 19.7. The molecule has 23 heavy (non-hydrogen) atoms. The Morgan fingerprint density at radius 1 is 1.39 bits per heavy atom. The summed E-state index contributed by atoms with van der Waals surface area (Å²) in [7, 11) is 0. The number of carbonyl (C=O) groups is 1. The van der Waals surface area contributed by atoms with Crippen LogP contribution in [0.3, 0.4) is 0 Å². The summed E-state index contributed by atoms with van der Waals surface area (Å²) >= 11 is 1.64. The summed E-state index contributed by atoms with van der Waals surface area (Å²) in [6.07, 6.45) is 2.96. The van der Waals surface area contributed by atoms with Gasteiger partial charge in [0, 0.05) is 28.6 Å². The van der Waals surface area contributed by atoms with Gasteiger partial charge in [-0.25, -0.2) is 4.79 Å². The van der Waals surface area contributed by atoms with E-state index in [1.807, 2.05) is 12.1 Å². The Morgan fingerprint density at radius 3 is 2.74 bits per heavy atom. The van der Waals surface area contributed by atoms with E-state index in [-0.39, 0.29) is 35.1 Å². The number of thioether (sulfide) groups is 1. The number of hydrogen-bond donors (Lipinski definition) is 1. The molecule has 1 heterocycles. The van der Waals surface area contributed by atoms with Crippen molar-refractivity contribution in [3.8, 4) is 17.2 Å². The summed E-state index contributed by atoms with van der Waals surface area (Å²) < 4.78 is 0. The number of hydrogen-bond acceptors (Lipinski definition) is 4. The number of pyridine rings is 1. The Morgan fingerprint density at radius 2 is 2.13 bits per heavy atom. The van der Waals surface area contributed by atoms with E-state index < -0.39 is 5.97 Å². The number of nitrogens with zero attached hydrogens (tertiary/aromatic N) is 2. The normalized spacial score (nSPS) is 10.0. The molecule has 0 fully saturated rings. The van der Waals surface area contributed by atoms with Crippen molar-refractivity contribution in [2.24, 2.45) is 5.92 Å². The summed E-state index contributed by atoms with van der Waals surface area (Å²) in [4.78, 5) is 16.2. The van der Waals surface area contributed by atoms with Gasteiger partial charge in [0.25, 0.3) is 0 Å². The van der Waals surface area contributed by atoms with Crippen LogP contribution in [0.25, 0.3) is 11.1 Å². The quantitative estimate of drug-likeness (QED) is 0.669. The number of rotatable bonds is 5. The van der Waals surface area contributed by atoms with Crippen molar-refractivity contribution in [2.45, 2.75) is 18.7 Å². The zero-order valence-corrected chi connectivity index (χ0v) is 13.2. The fourth-order valence-electron chi connectivity index (χ4n) is 1.98. The van der Waals surface area contributed by atoms with Crippen LogP contribution < -0.4 is 0 Å². The minimum atomic E-state index is -1.01. The molecule has 0 aliphatic heterocycles. The van der Waals surface area contributed by atoms with Crippen molar-refractivity contribution >= 4 is 47.3 Å². The average molecular weight is 336 g/mol. The first-order valence-electron chi connectivity index (χ1n) is 6.87. The summed E-state index contributed by atoms with van der Waals surface area (Å²) in [5.74, 6) is 0.462. The molecule has 2 rings (SSSR count). The van der Waals surface area contributed by atoms with Gasteiger partial charge in [-0.05, 0) is 29.7 Å². The molecular weight excluding hydrogens is 319 g/mol. The van der Waals surface area contributed by atoms with Crippen LogP contribution in [0.2, 0.25) is 0 Å². The first-order valence-corrected chi connectivity index (χ1v) is 7.86. The Labute approximate surface area is 162 Å². The molecule has 1 aromatic heterocycles. The monoisotopic (exact) mass is 336 g/mol. The van der Waals surface area contributed by atoms with Gasteiger partial charge in [-0.1, -0.05) is 19.9 Å². The summed E-state index contributed by atoms with van der Waals surface area (Å²) in [5, 5.41) is 18.6. The molecule has 0 aliphatic carbocycles. The molecule has 0 saturated heterocycles. The predicted octanol–water partition coefficient (Wildman–Crippen LogP) is 3.42. The predicted molar refractivity (Wildman–Crippen MR) is 94.1 cm³/mol. The second-order valence-corrected chi connectivity index (χ2v) is 6.32. The Bertz CT molecular complexity index is 742. The van der Waals surface area contributed by atoms with Gasteiger partial charge in [-0.2, -0.15) is 5.26 Å². The molecule has 0 aliphatic rings. The van der Waals surface area contributed by atoms with E-state index in [1.165, 1.54) is 18.5 Å². The first-order chi connectivity index (χ1) is 10.5. The molecule has 114 valence electrons. The molecule has 0 atom stereocenters. The molecule has 1 aromatic carbocycles. The van der Waals surface area contributed by atoms with Crippen LogP contribution in [0.15, 0.2) is 41.6 Å². The molecule has 6 heteroatoms. The van der Waals surface area contributed by atoms with Gasteiger partial charge in [0.1, 0.15) is 6.07 Å². The molecule has 2 aromatic rings. The standard InChI is InChI=1S/C17H16N2O2S.Na.H/c1-11(2)10-22-16-4-3-12(7-13(16)8-18)15-9-19-6-5-14(15)17(20)21;;/h3-7,9,11H,10H2,1-2H3,(H,20,21);;. The number of aromatic nitrogens is 1. The SMILES string of the molecule is CC(C)CSc1ccc(-c2cnccc2C(=O)O)cc1C#N.[NaH]. The molecular formula is C17H17N2NaO2S. The number of benzene rings is 1. The van der Waals surface area contributed by atoms with Crippen molar-refractivity contribution in [3.05, 3.63) is 47.8 Å². The number of carboxylic acid groups (broad SMARTS) is 1. The molecule has 0 amide bonds. The number of carboxylic acids is 1. The average Bonchev–Trinajstić information content (AvgIpc) is 2.52. The maximum absolute atomic E-state index is 11.3. The zero-order chi connectivity index (χ0) is 16.1. The van der Waals surface area contributed by atoms with Crippen molar-refractivity contribution in [2.75, 3.05) is 5.75 Å². The summed E-state index contributed by atoms with van der Waals surface area (Å²) in [5.41, 5.74) is 1.95. The van der Waals surface area contributed by atoms with E-state index in [0.29, 0.717) is 22.6 Å². The van der Waals surface area contributed by atoms with Crippen molar-refractivity contribution in [3.63, 3.8) is 0 Å². The van der Waals surface area contributed by atoms with Crippen molar-refractivity contribution in [1.29, 1.82) is 5.26 Å². The van der Waals surface area contributed by atoms with Gasteiger partial charge in [0.15, 0.2) is 0 Å². The third-order valence-electron chi connectivity index (χ3n) is 3.03. The van der Waals surface area contributed by atoms with Crippen LogP contribution in [0.5, 0.6) is 0 Å². The van der Waals surface area contributed by atoms with Gasteiger partial charge < -0.3 is 5.11 Å². The van der Waals surface area contributed by atoms with Crippen LogP contribution in [-0.2, 0) is 0 Å². The fraction of sp³-hybridized carbons (Fsp3) is 0.235. The molecule has 0 radical (unpaired) electrons. The van der Waals surface area contributed by atoms with Gasteiger partial charge in [-0.15, -0.1) is 11.8 Å². The Hall–Kier alpha value is -1.32. The number of aromatic carboxylic acids is 1. The van der Waals surface area contributed by atoms with E-state index in [1.54, 1.807) is 17.8 Å². The molecule has 1 N–H and O–H groups in total. The van der Waals surface area contributed by atoms with E-state index in [2.05, 4.69) is 24.9 Å². The third-order valence-corrected chi connectivity index (χ3v) is 4.54. The fourth-order valence-corrected chi connectivity index (χ4v) is 2.92. The topological polar surface area (TPSA) is 74.0 Å². The summed E-state index contributed by atoms with van der Waals surface area (Å²) in [6, 6.07) is 9.10. The second-order valence-electron chi connectivity index (χ2n) is 5.25. The summed E-state index contributed by atoms with van der Waals surface area (Å²) in [6.45, 7) is 4.25. The van der Waals surface area contributed by atoms with Crippen LogP contribution >= 0.6 is 11.8 Å². The molecule has 4 nitrogen and oxygen atoms in total. The van der Waals surface area contributed by atoms with E-state index in [4.69, 9.17) is 0 Å². The van der Waals surface area contributed by atoms with Gasteiger partial charge >= 0.3 is 35.5 Å². The second kappa shape index (κ2) is 9.09.